The molecule has 7 aromatic carbocycles. The number of aliphatic imine (C=N–C) groups is 1. The molecule has 0 aliphatic carbocycles. The highest BCUT2D eigenvalue weighted by molar-refractivity contribution is 6.09. The van der Waals surface area contributed by atoms with Gasteiger partial charge in [-0.3, -0.25) is 4.99 Å². The summed E-state index contributed by atoms with van der Waals surface area (Å²) in [5.41, 5.74) is 16.7. The van der Waals surface area contributed by atoms with Crippen molar-refractivity contribution < 1.29 is 0 Å². The SMILES string of the molecule is C=C(/C(C)=C(\N=C(C)c1ccccc1)c1ccccc1)c1cccc(-c2cccc(-c3cccc(-n4c5ccccc5c5ccccc54)c3)c2)c1C. The van der Waals surface area contributed by atoms with E-state index in [9.17, 15) is 0 Å². The van der Waals surface area contributed by atoms with Gasteiger partial charge in [0, 0.05) is 27.7 Å². The summed E-state index contributed by atoms with van der Waals surface area (Å²) in [7, 11) is 0. The second-order valence-corrected chi connectivity index (χ2v) is 13.4. The third-order valence-corrected chi connectivity index (χ3v) is 10.2. The predicted molar refractivity (Wildman–Crippen MR) is 223 cm³/mol. The molecule has 2 nitrogen and oxygen atoms in total. The van der Waals surface area contributed by atoms with Crippen molar-refractivity contribution in [3.05, 3.63) is 210 Å². The minimum atomic E-state index is 0.932. The molecule has 1 aromatic heterocycles. The zero-order valence-electron chi connectivity index (χ0n) is 29.8. The lowest BCUT2D eigenvalue weighted by Crippen LogP contribution is -1.99. The Morgan fingerprint density at radius 3 is 1.73 bits per heavy atom. The molecule has 8 rings (SSSR count). The van der Waals surface area contributed by atoms with Gasteiger partial charge >= 0.3 is 0 Å². The van der Waals surface area contributed by atoms with Crippen LogP contribution in [-0.4, -0.2) is 10.3 Å². The minimum absolute atomic E-state index is 0.932. The molecule has 52 heavy (non-hydrogen) atoms. The van der Waals surface area contributed by atoms with Crippen molar-refractivity contribution in [1.82, 2.24) is 4.57 Å². The first-order valence-corrected chi connectivity index (χ1v) is 17.8. The third-order valence-electron chi connectivity index (χ3n) is 10.2. The molecule has 0 amide bonds. The lowest BCUT2D eigenvalue weighted by molar-refractivity contribution is 1.18. The van der Waals surface area contributed by atoms with Crippen molar-refractivity contribution in [3.63, 3.8) is 0 Å². The summed E-state index contributed by atoms with van der Waals surface area (Å²) in [6.07, 6.45) is 0. The quantitative estimate of drug-likeness (QED) is 0.113. The molecule has 0 unspecified atom stereocenters. The van der Waals surface area contributed by atoms with E-state index in [1.54, 1.807) is 0 Å². The number of para-hydroxylation sites is 2. The van der Waals surface area contributed by atoms with E-state index in [4.69, 9.17) is 4.99 Å². The molecule has 0 spiro atoms. The van der Waals surface area contributed by atoms with Crippen LogP contribution in [0.5, 0.6) is 0 Å². The first kappa shape index (κ1) is 32.7. The summed E-state index contributed by atoms with van der Waals surface area (Å²) >= 11 is 0. The van der Waals surface area contributed by atoms with Crippen LogP contribution < -0.4 is 0 Å². The van der Waals surface area contributed by atoms with Crippen molar-refractivity contribution in [2.75, 3.05) is 0 Å². The van der Waals surface area contributed by atoms with E-state index in [1.165, 1.54) is 49.6 Å². The normalized spacial score (nSPS) is 12.2. The molecule has 0 aliphatic rings. The van der Waals surface area contributed by atoms with Crippen LogP contribution in [0.1, 0.15) is 36.1 Å². The molecular weight excluding hydrogens is 629 g/mol. The van der Waals surface area contributed by atoms with Crippen LogP contribution in [0.3, 0.4) is 0 Å². The summed E-state index contributed by atoms with van der Waals surface area (Å²) in [5.74, 6) is 0. The van der Waals surface area contributed by atoms with Gasteiger partial charge in [0.2, 0.25) is 0 Å². The van der Waals surface area contributed by atoms with Crippen LogP contribution >= 0.6 is 0 Å². The molecule has 0 atom stereocenters. The van der Waals surface area contributed by atoms with E-state index in [2.05, 4.69) is 196 Å². The topological polar surface area (TPSA) is 17.3 Å². The number of aromatic nitrogens is 1. The van der Waals surface area contributed by atoms with Gasteiger partial charge in [-0.25, -0.2) is 0 Å². The molecule has 2 heteroatoms. The Morgan fingerprint density at radius 1 is 0.519 bits per heavy atom. The molecule has 0 saturated heterocycles. The largest absolute Gasteiger partial charge is 0.309 e. The van der Waals surface area contributed by atoms with Crippen LogP contribution in [0.2, 0.25) is 0 Å². The fourth-order valence-corrected chi connectivity index (χ4v) is 7.38. The molecule has 0 bridgehead atoms. The van der Waals surface area contributed by atoms with Gasteiger partial charge in [0.25, 0.3) is 0 Å². The van der Waals surface area contributed by atoms with Crippen LogP contribution in [0.25, 0.3) is 61.0 Å². The zero-order valence-corrected chi connectivity index (χ0v) is 29.8. The van der Waals surface area contributed by atoms with E-state index >= 15 is 0 Å². The number of rotatable bonds is 8. The Labute approximate surface area is 306 Å². The van der Waals surface area contributed by atoms with E-state index in [0.29, 0.717) is 0 Å². The Kier molecular flexibility index (Phi) is 8.81. The minimum Gasteiger partial charge on any atom is -0.309 e. The van der Waals surface area contributed by atoms with Crippen molar-refractivity contribution >= 4 is 38.8 Å². The van der Waals surface area contributed by atoms with Crippen molar-refractivity contribution in [3.8, 4) is 27.9 Å². The molecule has 250 valence electrons. The van der Waals surface area contributed by atoms with Gasteiger partial charge in [0.05, 0.1) is 16.7 Å². The Hall–Kier alpha value is -6.51. The number of hydrogen-bond acceptors (Lipinski definition) is 1. The smallest absolute Gasteiger partial charge is 0.0740 e. The fraction of sp³-hybridized carbons (Fsp3) is 0.0600. The van der Waals surface area contributed by atoms with Crippen LogP contribution in [0, 0.1) is 6.92 Å². The van der Waals surface area contributed by atoms with Gasteiger partial charge in [-0.05, 0) is 101 Å². The number of hydrogen-bond donors (Lipinski definition) is 0. The monoisotopic (exact) mass is 668 g/mol. The maximum absolute atomic E-state index is 5.21. The lowest BCUT2D eigenvalue weighted by Gasteiger charge is -2.17. The van der Waals surface area contributed by atoms with Crippen LogP contribution in [0.4, 0.5) is 0 Å². The summed E-state index contributed by atoms with van der Waals surface area (Å²) in [6, 6.07) is 62.4. The van der Waals surface area contributed by atoms with Crippen LogP contribution in [0.15, 0.2) is 193 Å². The van der Waals surface area contributed by atoms with E-state index in [-0.39, 0.29) is 0 Å². The van der Waals surface area contributed by atoms with Gasteiger partial charge in [0.15, 0.2) is 0 Å². The standard InChI is InChI=1S/C50H40N2/c1-34(35(2)50(39-20-9-6-10-21-39)51-37(4)38-18-7-5-8-19-38)44-28-17-29-45(36(44)3)42-24-15-22-40(32-42)41-23-16-25-43(33-41)52-48-30-13-11-26-46(48)47-27-12-14-31-49(47)52/h5-33H,1H2,2-4H3/b50-35-,51-37?. The number of nitrogens with zero attached hydrogens (tertiary/aromatic N) is 2. The average molecular weight is 669 g/mol. The van der Waals surface area contributed by atoms with E-state index < -0.39 is 0 Å². The number of benzene rings is 7. The fourth-order valence-electron chi connectivity index (χ4n) is 7.38. The Balaban J connectivity index is 1.17. The van der Waals surface area contributed by atoms with Crippen molar-refractivity contribution in [2.24, 2.45) is 4.99 Å². The lowest BCUT2D eigenvalue weighted by atomic mass is 9.88. The molecule has 0 radical (unpaired) electrons. The second kappa shape index (κ2) is 14.0. The van der Waals surface area contributed by atoms with Gasteiger partial charge in [0.1, 0.15) is 0 Å². The van der Waals surface area contributed by atoms with Gasteiger partial charge in [-0.1, -0.05) is 152 Å². The van der Waals surface area contributed by atoms with Gasteiger partial charge in [-0.15, -0.1) is 0 Å². The second-order valence-electron chi connectivity index (χ2n) is 13.4. The molecule has 8 aromatic rings. The first-order chi connectivity index (χ1) is 25.5. The highest BCUT2D eigenvalue weighted by Gasteiger charge is 2.16. The molecule has 0 saturated carbocycles. The van der Waals surface area contributed by atoms with Crippen molar-refractivity contribution in [1.29, 1.82) is 0 Å². The number of allylic oxidation sites excluding steroid dienone is 2. The van der Waals surface area contributed by atoms with E-state index in [1.807, 2.05) is 12.1 Å². The average Bonchev–Trinajstić information content (AvgIpc) is 3.54. The molecule has 0 aliphatic heterocycles. The Morgan fingerprint density at radius 2 is 1.06 bits per heavy atom. The highest BCUT2D eigenvalue weighted by atomic mass is 15.0. The maximum Gasteiger partial charge on any atom is 0.0740 e. The number of fused-ring (bicyclic) bond motifs is 3. The van der Waals surface area contributed by atoms with Crippen molar-refractivity contribution in [2.45, 2.75) is 20.8 Å². The Bertz CT molecular complexity index is 2600. The first-order valence-electron chi connectivity index (χ1n) is 17.8. The molecule has 1 heterocycles. The van der Waals surface area contributed by atoms with Gasteiger partial charge in [-0.2, -0.15) is 0 Å². The summed E-state index contributed by atoms with van der Waals surface area (Å²) < 4.78 is 2.38. The summed E-state index contributed by atoms with van der Waals surface area (Å²) in [6.45, 7) is 11.1. The zero-order chi connectivity index (χ0) is 35.6. The molecule has 0 fully saturated rings. The van der Waals surface area contributed by atoms with Crippen LogP contribution in [-0.2, 0) is 0 Å². The summed E-state index contributed by atoms with van der Waals surface area (Å²) in [4.78, 5) is 5.21. The highest BCUT2D eigenvalue weighted by Crippen LogP contribution is 2.37. The summed E-state index contributed by atoms with van der Waals surface area (Å²) in [5, 5.41) is 2.53. The molecule has 0 N–H and O–H groups in total. The third kappa shape index (κ3) is 6.10. The van der Waals surface area contributed by atoms with Gasteiger partial charge < -0.3 is 4.57 Å². The molecular formula is C50H40N2. The maximum atomic E-state index is 5.21. The van der Waals surface area contributed by atoms with E-state index in [0.717, 1.165) is 44.9 Å². The predicted octanol–water partition coefficient (Wildman–Crippen LogP) is 13.4.